The van der Waals surface area contributed by atoms with Gasteiger partial charge in [0, 0.05) is 41.0 Å². The molecule has 1 aromatic carbocycles. The monoisotopic (exact) mass is 397 g/mol. The van der Waals surface area contributed by atoms with Crippen LogP contribution in [0.5, 0.6) is 5.75 Å². The third-order valence-corrected chi connectivity index (χ3v) is 6.46. The first-order valence-corrected chi connectivity index (χ1v) is 10.2. The number of aromatic amines is 1. The number of hydrogen-bond donors (Lipinski definition) is 2. The van der Waals surface area contributed by atoms with E-state index in [1.54, 1.807) is 14.2 Å². The van der Waals surface area contributed by atoms with Crippen molar-refractivity contribution in [1.29, 1.82) is 0 Å². The Kier molecular flexibility index (Phi) is 5.19. The van der Waals surface area contributed by atoms with Crippen LogP contribution in [0.3, 0.4) is 0 Å². The highest BCUT2D eigenvalue weighted by Crippen LogP contribution is 2.36. The second-order valence-electron chi connectivity index (χ2n) is 6.99. The molecule has 1 aliphatic rings. The summed E-state index contributed by atoms with van der Waals surface area (Å²) in [4.78, 5) is 31.7. The Bertz CT molecular complexity index is 1070. The lowest BCUT2D eigenvalue weighted by Crippen LogP contribution is -2.26. The Labute approximate surface area is 167 Å². The summed E-state index contributed by atoms with van der Waals surface area (Å²) in [6, 6.07) is 11.8. The molecule has 1 atom stereocenters. The number of methoxy groups -OCH3 is 1. The molecule has 2 aromatic heterocycles. The number of pyridine rings is 1. The topological polar surface area (TPSA) is 74.4 Å². The number of rotatable bonds is 5. The number of amides is 1. The van der Waals surface area contributed by atoms with Crippen molar-refractivity contribution >= 4 is 28.1 Å². The summed E-state index contributed by atoms with van der Waals surface area (Å²) in [7, 11) is 3.28. The van der Waals surface area contributed by atoms with Crippen molar-refractivity contribution in [1.82, 2.24) is 15.2 Å². The Morgan fingerprint density at radius 2 is 2.18 bits per heavy atom. The van der Waals surface area contributed by atoms with Gasteiger partial charge in [-0.2, -0.15) is 0 Å². The number of hydrogen-bond acceptors (Lipinski definition) is 5. The number of carbonyl (C=O) groups excluding carboxylic acids is 1. The van der Waals surface area contributed by atoms with E-state index in [4.69, 9.17) is 4.74 Å². The second kappa shape index (κ2) is 7.77. The molecule has 0 spiro atoms. The summed E-state index contributed by atoms with van der Waals surface area (Å²) in [6.07, 6.45) is 2.12. The summed E-state index contributed by atoms with van der Waals surface area (Å²) in [5.41, 5.74) is 1.50. The first-order chi connectivity index (χ1) is 13.6. The molecular weight excluding hydrogens is 374 g/mol. The van der Waals surface area contributed by atoms with Crippen LogP contribution in [0.25, 0.3) is 10.9 Å². The minimum atomic E-state index is -0.0550. The molecule has 3 heterocycles. The number of H-pyrrole nitrogens is 1. The number of nitrogens with zero attached hydrogens (tertiary/aromatic N) is 1. The molecule has 0 aliphatic carbocycles. The maximum atomic E-state index is 12.6. The molecule has 4 rings (SSSR count). The van der Waals surface area contributed by atoms with Gasteiger partial charge >= 0.3 is 0 Å². The lowest BCUT2D eigenvalue weighted by molar-refractivity contribution is 0.0967. The van der Waals surface area contributed by atoms with Crippen molar-refractivity contribution in [3.63, 3.8) is 0 Å². The lowest BCUT2D eigenvalue weighted by Gasteiger charge is -2.23. The van der Waals surface area contributed by atoms with E-state index in [0.717, 1.165) is 46.5 Å². The van der Waals surface area contributed by atoms with E-state index in [0.29, 0.717) is 6.54 Å². The van der Waals surface area contributed by atoms with Crippen molar-refractivity contribution in [2.75, 3.05) is 20.7 Å². The van der Waals surface area contributed by atoms with Crippen LogP contribution in [0.15, 0.2) is 41.2 Å². The molecule has 1 amide bonds. The minimum absolute atomic E-state index is 0.0549. The molecule has 1 fully saturated rings. The molecule has 1 aliphatic heterocycles. The fraction of sp³-hybridized carbons (Fsp3) is 0.333. The molecule has 146 valence electrons. The number of ether oxygens (including phenoxy) is 1. The number of fused-ring (bicyclic) bond motifs is 1. The highest BCUT2D eigenvalue weighted by molar-refractivity contribution is 7.14. The van der Waals surface area contributed by atoms with Crippen LogP contribution in [0.4, 0.5) is 0 Å². The Balaban J connectivity index is 1.60. The molecule has 7 heteroatoms. The number of likely N-dealkylation sites (tertiary alicyclic amines) is 1. The van der Waals surface area contributed by atoms with Crippen molar-refractivity contribution in [3.8, 4) is 5.75 Å². The van der Waals surface area contributed by atoms with E-state index in [1.807, 2.05) is 36.4 Å². The van der Waals surface area contributed by atoms with Crippen LogP contribution in [-0.4, -0.2) is 36.5 Å². The summed E-state index contributed by atoms with van der Waals surface area (Å²) in [6.45, 7) is 1.52. The number of aromatic nitrogens is 1. The number of nitrogens with one attached hydrogen (secondary N) is 2. The molecule has 0 radical (unpaired) electrons. The van der Waals surface area contributed by atoms with Crippen molar-refractivity contribution < 1.29 is 9.53 Å². The number of benzene rings is 1. The van der Waals surface area contributed by atoms with Crippen LogP contribution in [0, 0.1) is 0 Å². The number of thiophene rings is 1. The summed E-state index contributed by atoms with van der Waals surface area (Å²) >= 11 is 1.53. The van der Waals surface area contributed by atoms with Gasteiger partial charge in [-0.25, -0.2) is 0 Å². The smallest absolute Gasteiger partial charge is 0.261 e. The zero-order valence-corrected chi connectivity index (χ0v) is 16.8. The van der Waals surface area contributed by atoms with E-state index in [-0.39, 0.29) is 17.5 Å². The van der Waals surface area contributed by atoms with Crippen LogP contribution in [-0.2, 0) is 6.54 Å². The van der Waals surface area contributed by atoms with E-state index >= 15 is 0 Å². The van der Waals surface area contributed by atoms with E-state index in [1.165, 1.54) is 16.2 Å². The quantitative estimate of drug-likeness (QED) is 0.693. The maximum absolute atomic E-state index is 12.6. The highest BCUT2D eigenvalue weighted by Gasteiger charge is 2.28. The van der Waals surface area contributed by atoms with E-state index < -0.39 is 0 Å². The highest BCUT2D eigenvalue weighted by atomic mass is 32.1. The fourth-order valence-corrected chi connectivity index (χ4v) is 4.93. The van der Waals surface area contributed by atoms with Crippen LogP contribution < -0.4 is 15.6 Å². The van der Waals surface area contributed by atoms with Gasteiger partial charge in [0.05, 0.1) is 12.0 Å². The first kappa shape index (κ1) is 18.7. The zero-order chi connectivity index (χ0) is 19.7. The van der Waals surface area contributed by atoms with Crippen molar-refractivity contribution in [2.45, 2.75) is 25.4 Å². The fourth-order valence-electron chi connectivity index (χ4n) is 3.81. The molecule has 28 heavy (non-hydrogen) atoms. The standard InChI is InChI=1S/C21H23N3O3S/c1-22-21(26)19-8-7-18(28-19)17-4-3-9-24(17)12-14-10-13-11-15(27-2)5-6-16(13)23-20(14)25/h5-8,10-11,17H,3-4,9,12H2,1-2H3,(H,22,26)(H,23,25)/t17-/m0/s1. The molecule has 0 saturated carbocycles. The van der Waals surface area contributed by atoms with Crippen LogP contribution in [0.1, 0.15) is 39.0 Å². The van der Waals surface area contributed by atoms with Gasteiger partial charge in [-0.1, -0.05) is 0 Å². The molecule has 3 aromatic rings. The summed E-state index contributed by atoms with van der Waals surface area (Å²) in [5, 5.41) is 3.63. The van der Waals surface area contributed by atoms with Crippen LogP contribution >= 0.6 is 11.3 Å². The predicted molar refractivity (Wildman–Crippen MR) is 111 cm³/mol. The van der Waals surface area contributed by atoms with Gasteiger partial charge in [-0.15, -0.1) is 11.3 Å². The maximum Gasteiger partial charge on any atom is 0.261 e. The Morgan fingerprint density at radius 1 is 1.32 bits per heavy atom. The van der Waals surface area contributed by atoms with Gasteiger partial charge < -0.3 is 15.0 Å². The second-order valence-corrected chi connectivity index (χ2v) is 8.10. The largest absolute Gasteiger partial charge is 0.497 e. The van der Waals surface area contributed by atoms with Gasteiger partial charge in [0.1, 0.15) is 5.75 Å². The third-order valence-electron chi connectivity index (χ3n) is 5.27. The van der Waals surface area contributed by atoms with Crippen molar-refractivity contribution in [2.24, 2.45) is 0 Å². The Hall–Kier alpha value is -2.64. The molecule has 6 nitrogen and oxygen atoms in total. The average molecular weight is 398 g/mol. The predicted octanol–water partition coefficient (Wildman–Crippen LogP) is 3.29. The molecule has 1 saturated heterocycles. The Morgan fingerprint density at radius 3 is 2.96 bits per heavy atom. The van der Waals surface area contributed by atoms with E-state index in [2.05, 4.69) is 15.2 Å². The van der Waals surface area contributed by atoms with Crippen LogP contribution in [0.2, 0.25) is 0 Å². The van der Waals surface area contributed by atoms with Gasteiger partial charge in [-0.05, 0) is 55.8 Å². The van der Waals surface area contributed by atoms with Gasteiger partial charge in [0.25, 0.3) is 11.5 Å². The SMILES string of the molecule is CNC(=O)c1ccc([C@@H]2CCCN2Cc2cc3cc(OC)ccc3[nH]c2=O)s1. The normalized spacial score (nSPS) is 17.1. The third kappa shape index (κ3) is 3.55. The van der Waals surface area contributed by atoms with E-state index in [9.17, 15) is 9.59 Å². The average Bonchev–Trinajstić information content (AvgIpc) is 3.37. The first-order valence-electron chi connectivity index (χ1n) is 9.35. The van der Waals surface area contributed by atoms with Gasteiger partial charge in [0.15, 0.2) is 0 Å². The zero-order valence-electron chi connectivity index (χ0n) is 16.0. The summed E-state index contributed by atoms with van der Waals surface area (Å²) < 4.78 is 5.30. The minimum Gasteiger partial charge on any atom is -0.497 e. The molecule has 0 unspecified atom stereocenters. The molecular formula is C21H23N3O3S. The lowest BCUT2D eigenvalue weighted by atomic mass is 10.1. The van der Waals surface area contributed by atoms with Gasteiger partial charge in [0.2, 0.25) is 0 Å². The number of carbonyl (C=O) groups is 1. The van der Waals surface area contributed by atoms with Gasteiger partial charge in [-0.3, -0.25) is 14.5 Å². The van der Waals surface area contributed by atoms with Crippen molar-refractivity contribution in [3.05, 3.63) is 62.1 Å². The molecule has 2 N–H and O–H groups in total. The molecule has 0 bridgehead atoms. The summed E-state index contributed by atoms with van der Waals surface area (Å²) in [5.74, 6) is 0.714.